The molecule has 0 aliphatic heterocycles. The van der Waals surface area contributed by atoms with Crippen LogP contribution in [0.3, 0.4) is 0 Å². The highest BCUT2D eigenvalue weighted by Gasteiger charge is 2.06. The number of rotatable bonds is 5. The van der Waals surface area contributed by atoms with E-state index in [1.807, 2.05) is 0 Å². The molecule has 0 radical (unpaired) electrons. The zero-order valence-electron chi connectivity index (χ0n) is 8.75. The van der Waals surface area contributed by atoms with Crippen molar-refractivity contribution in [3.63, 3.8) is 0 Å². The first-order valence-corrected chi connectivity index (χ1v) is 5.40. The highest BCUT2D eigenvalue weighted by atomic mass is 79.9. The Kier molecular flexibility index (Phi) is 4.77. The lowest BCUT2D eigenvalue weighted by Crippen LogP contribution is -2.33. The zero-order valence-corrected chi connectivity index (χ0v) is 10.3. The third kappa shape index (κ3) is 3.54. The number of nitrogens with zero attached hydrogens (tertiary/aromatic N) is 2. The summed E-state index contributed by atoms with van der Waals surface area (Å²) in [5.41, 5.74) is 4.92. The lowest BCUT2D eigenvalue weighted by atomic mass is 10.5. The Morgan fingerprint density at radius 3 is 2.75 bits per heavy atom. The minimum absolute atomic E-state index is 0.431. The summed E-state index contributed by atoms with van der Waals surface area (Å²) in [5, 5.41) is 8.42. The Balaban J connectivity index is 2.50. The number of carbonyl (C=O) groups excluding carboxylic acids is 1. The van der Waals surface area contributed by atoms with Crippen LogP contribution in [0.5, 0.6) is 0 Å². The normalized spacial score (nSPS) is 9.62. The van der Waals surface area contributed by atoms with Crippen LogP contribution in [0.1, 0.15) is 0 Å². The highest BCUT2D eigenvalue weighted by molar-refractivity contribution is 9.10. The minimum atomic E-state index is -0.542. The lowest BCUT2D eigenvalue weighted by molar-refractivity contribution is 0.249. The summed E-state index contributed by atoms with van der Waals surface area (Å²) in [6.07, 6.45) is 1.44. The molecule has 0 bridgehead atoms. The van der Waals surface area contributed by atoms with Crippen molar-refractivity contribution in [2.75, 3.05) is 30.8 Å². The molecule has 7 nitrogen and oxygen atoms in total. The molecule has 0 spiro atoms. The number of aromatic nitrogens is 2. The summed E-state index contributed by atoms with van der Waals surface area (Å²) in [4.78, 5) is 18.5. The van der Waals surface area contributed by atoms with Gasteiger partial charge >= 0.3 is 6.03 Å². The van der Waals surface area contributed by atoms with E-state index >= 15 is 0 Å². The SMILES string of the molecule is CNc1ncnc(NCCNC(N)=O)c1Br. The average molecular weight is 289 g/mol. The molecule has 1 rings (SSSR count). The summed E-state index contributed by atoms with van der Waals surface area (Å²) in [5.74, 6) is 1.35. The van der Waals surface area contributed by atoms with Crippen LogP contribution < -0.4 is 21.7 Å². The fourth-order valence-electron chi connectivity index (χ4n) is 1.03. The molecular weight excluding hydrogens is 276 g/mol. The molecule has 0 aliphatic carbocycles. The van der Waals surface area contributed by atoms with E-state index in [0.717, 1.165) is 4.47 Å². The molecule has 0 aromatic carbocycles. The van der Waals surface area contributed by atoms with E-state index in [1.165, 1.54) is 6.33 Å². The number of primary amides is 1. The van der Waals surface area contributed by atoms with Crippen molar-refractivity contribution in [3.8, 4) is 0 Å². The van der Waals surface area contributed by atoms with E-state index in [1.54, 1.807) is 7.05 Å². The van der Waals surface area contributed by atoms with Gasteiger partial charge in [0.2, 0.25) is 0 Å². The first-order valence-electron chi connectivity index (χ1n) is 4.60. The van der Waals surface area contributed by atoms with Crippen molar-refractivity contribution in [2.24, 2.45) is 5.73 Å². The Labute approximate surface area is 101 Å². The topological polar surface area (TPSA) is 105 Å². The number of carbonyl (C=O) groups is 1. The van der Waals surface area contributed by atoms with Gasteiger partial charge < -0.3 is 21.7 Å². The molecule has 16 heavy (non-hydrogen) atoms. The zero-order chi connectivity index (χ0) is 12.0. The molecule has 5 N–H and O–H groups in total. The number of halogens is 1. The monoisotopic (exact) mass is 288 g/mol. The number of hydrogen-bond acceptors (Lipinski definition) is 5. The predicted molar refractivity (Wildman–Crippen MR) is 65.4 cm³/mol. The number of nitrogens with two attached hydrogens (primary N) is 1. The number of nitrogens with one attached hydrogen (secondary N) is 3. The van der Waals surface area contributed by atoms with Gasteiger partial charge in [0, 0.05) is 20.1 Å². The van der Waals surface area contributed by atoms with E-state index in [0.29, 0.717) is 24.7 Å². The van der Waals surface area contributed by atoms with Crippen molar-refractivity contribution in [1.29, 1.82) is 0 Å². The number of amides is 2. The van der Waals surface area contributed by atoms with Crippen LogP contribution in [0.4, 0.5) is 16.4 Å². The molecule has 1 aromatic rings. The largest absolute Gasteiger partial charge is 0.372 e. The second-order valence-corrected chi connectivity index (χ2v) is 3.65. The molecule has 2 amide bonds. The summed E-state index contributed by atoms with van der Waals surface area (Å²) in [7, 11) is 1.77. The Morgan fingerprint density at radius 1 is 1.44 bits per heavy atom. The van der Waals surface area contributed by atoms with Crippen LogP contribution in [0.15, 0.2) is 10.8 Å². The van der Waals surface area contributed by atoms with E-state index in [4.69, 9.17) is 5.73 Å². The summed E-state index contributed by atoms with van der Waals surface area (Å²) >= 11 is 3.36. The molecule has 8 heteroatoms. The van der Waals surface area contributed by atoms with E-state index in [-0.39, 0.29) is 0 Å². The van der Waals surface area contributed by atoms with Crippen LogP contribution in [-0.4, -0.2) is 36.1 Å². The van der Waals surface area contributed by atoms with Crippen LogP contribution in [0.2, 0.25) is 0 Å². The van der Waals surface area contributed by atoms with Gasteiger partial charge in [0.05, 0.1) is 0 Å². The molecule has 0 fully saturated rings. The van der Waals surface area contributed by atoms with Crippen molar-refractivity contribution < 1.29 is 4.79 Å². The molecule has 0 aliphatic rings. The predicted octanol–water partition coefficient (Wildman–Crippen LogP) is 0.361. The maximum Gasteiger partial charge on any atom is 0.312 e. The molecule has 0 saturated carbocycles. The van der Waals surface area contributed by atoms with Gasteiger partial charge in [-0.3, -0.25) is 0 Å². The summed E-state index contributed by atoms with van der Waals surface area (Å²) in [6.45, 7) is 0.961. The summed E-state index contributed by atoms with van der Waals surface area (Å²) in [6, 6.07) is -0.542. The van der Waals surface area contributed by atoms with Gasteiger partial charge in [-0.1, -0.05) is 0 Å². The van der Waals surface area contributed by atoms with Crippen molar-refractivity contribution in [1.82, 2.24) is 15.3 Å². The van der Waals surface area contributed by atoms with Gasteiger partial charge in [-0.25, -0.2) is 14.8 Å². The van der Waals surface area contributed by atoms with Gasteiger partial charge in [-0.15, -0.1) is 0 Å². The Hall–Kier alpha value is -1.57. The van der Waals surface area contributed by atoms with E-state index in [2.05, 4.69) is 41.8 Å². The molecular formula is C8H13BrN6O. The van der Waals surface area contributed by atoms with Crippen molar-refractivity contribution in [3.05, 3.63) is 10.8 Å². The van der Waals surface area contributed by atoms with Crippen LogP contribution in [0, 0.1) is 0 Å². The number of anilines is 2. The Bertz CT molecular complexity index is 372. The Morgan fingerprint density at radius 2 is 2.12 bits per heavy atom. The number of hydrogen-bond donors (Lipinski definition) is 4. The smallest absolute Gasteiger partial charge is 0.312 e. The fourth-order valence-corrected chi connectivity index (χ4v) is 1.58. The van der Waals surface area contributed by atoms with Gasteiger partial charge in [0.15, 0.2) is 0 Å². The van der Waals surface area contributed by atoms with Crippen LogP contribution >= 0.6 is 15.9 Å². The second-order valence-electron chi connectivity index (χ2n) is 2.85. The van der Waals surface area contributed by atoms with E-state index in [9.17, 15) is 4.79 Å². The first-order chi connectivity index (χ1) is 7.65. The number of urea groups is 1. The third-order valence-electron chi connectivity index (χ3n) is 1.74. The molecule has 0 atom stereocenters. The average Bonchev–Trinajstić information content (AvgIpc) is 2.26. The van der Waals surface area contributed by atoms with Gasteiger partial charge in [-0.2, -0.15) is 0 Å². The quantitative estimate of drug-likeness (QED) is 0.586. The van der Waals surface area contributed by atoms with Crippen LogP contribution in [-0.2, 0) is 0 Å². The molecule has 0 unspecified atom stereocenters. The van der Waals surface area contributed by atoms with Crippen molar-refractivity contribution >= 4 is 33.6 Å². The third-order valence-corrected chi connectivity index (χ3v) is 2.49. The molecule has 0 saturated heterocycles. The molecule has 1 aromatic heterocycles. The lowest BCUT2D eigenvalue weighted by Gasteiger charge is -2.09. The standard InChI is InChI=1S/C8H13BrN6O/c1-11-6-5(9)7(15-4-14-6)12-2-3-13-8(10)16/h4H,2-3H2,1H3,(H3,10,13,16)(H2,11,12,14,15). The van der Waals surface area contributed by atoms with Gasteiger partial charge in [-0.05, 0) is 15.9 Å². The molecule has 1 heterocycles. The van der Waals surface area contributed by atoms with E-state index < -0.39 is 6.03 Å². The van der Waals surface area contributed by atoms with Crippen molar-refractivity contribution in [2.45, 2.75) is 0 Å². The highest BCUT2D eigenvalue weighted by Crippen LogP contribution is 2.25. The fraction of sp³-hybridized carbons (Fsp3) is 0.375. The maximum absolute atomic E-state index is 10.4. The van der Waals surface area contributed by atoms with Crippen LogP contribution in [0.25, 0.3) is 0 Å². The first kappa shape index (κ1) is 12.5. The van der Waals surface area contributed by atoms with Gasteiger partial charge in [0.1, 0.15) is 22.4 Å². The summed E-state index contributed by atoms with van der Waals surface area (Å²) < 4.78 is 0.747. The maximum atomic E-state index is 10.4. The second kappa shape index (κ2) is 6.11. The molecule has 88 valence electrons. The van der Waals surface area contributed by atoms with Gasteiger partial charge in [0.25, 0.3) is 0 Å². The minimum Gasteiger partial charge on any atom is -0.372 e.